The molecule has 0 radical (unpaired) electrons. The first-order chi connectivity index (χ1) is 8.15. The van der Waals surface area contributed by atoms with Crippen molar-refractivity contribution in [3.8, 4) is 0 Å². The highest BCUT2D eigenvalue weighted by atomic mass is 16.4. The Morgan fingerprint density at radius 1 is 0.941 bits per heavy atom. The minimum absolute atomic E-state index is 0.0439. The van der Waals surface area contributed by atoms with Crippen molar-refractivity contribution in [3.63, 3.8) is 0 Å². The van der Waals surface area contributed by atoms with Gasteiger partial charge in [0.15, 0.2) is 0 Å². The summed E-state index contributed by atoms with van der Waals surface area (Å²) in [5.74, 6) is 2.09. The SMILES string of the molecule is CC1CCC(CC2CCC(C(=O)O)CC2)CC1. The van der Waals surface area contributed by atoms with Crippen LogP contribution in [0.15, 0.2) is 0 Å². The summed E-state index contributed by atoms with van der Waals surface area (Å²) in [6.45, 7) is 2.37. The van der Waals surface area contributed by atoms with Crippen molar-refractivity contribution in [2.75, 3.05) is 0 Å². The summed E-state index contributed by atoms with van der Waals surface area (Å²) in [6.07, 6.45) is 11.2. The van der Waals surface area contributed by atoms with Crippen LogP contribution >= 0.6 is 0 Å². The molecule has 17 heavy (non-hydrogen) atoms. The molecule has 0 atom stereocenters. The molecule has 2 nitrogen and oxygen atoms in total. The molecule has 2 heteroatoms. The Bertz CT molecular complexity index is 246. The van der Waals surface area contributed by atoms with E-state index < -0.39 is 5.97 Å². The first-order valence-corrected chi connectivity index (χ1v) is 7.38. The average molecular weight is 238 g/mol. The Labute approximate surface area is 105 Å². The molecular formula is C15H26O2. The maximum atomic E-state index is 10.9. The van der Waals surface area contributed by atoms with Gasteiger partial charge < -0.3 is 5.11 Å². The molecule has 0 bridgehead atoms. The van der Waals surface area contributed by atoms with E-state index >= 15 is 0 Å². The van der Waals surface area contributed by atoms with Crippen molar-refractivity contribution in [1.82, 2.24) is 0 Å². The third-order valence-electron chi connectivity index (χ3n) is 5.00. The molecule has 2 saturated carbocycles. The second-order valence-corrected chi connectivity index (χ2v) is 6.42. The summed E-state index contributed by atoms with van der Waals surface area (Å²) < 4.78 is 0. The first-order valence-electron chi connectivity index (χ1n) is 7.38. The van der Waals surface area contributed by atoms with Crippen molar-refractivity contribution >= 4 is 5.97 Å². The molecular weight excluding hydrogens is 212 g/mol. The van der Waals surface area contributed by atoms with Gasteiger partial charge >= 0.3 is 5.97 Å². The summed E-state index contributed by atoms with van der Waals surface area (Å²) in [6, 6.07) is 0. The summed E-state index contributed by atoms with van der Waals surface area (Å²) in [5, 5.41) is 8.98. The molecule has 0 aromatic carbocycles. The number of aliphatic carboxylic acids is 1. The molecule has 0 spiro atoms. The topological polar surface area (TPSA) is 37.3 Å². The predicted molar refractivity (Wildman–Crippen MR) is 68.8 cm³/mol. The number of carboxylic acid groups (broad SMARTS) is 1. The van der Waals surface area contributed by atoms with Gasteiger partial charge in [-0.1, -0.05) is 32.6 Å². The first kappa shape index (κ1) is 12.9. The van der Waals surface area contributed by atoms with Crippen LogP contribution in [0, 0.1) is 23.7 Å². The molecule has 0 heterocycles. The Hall–Kier alpha value is -0.530. The van der Waals surface area contributed by atoms with Gasteiger partial charge in [-0.15, -0.1) is 0 Å². The smallest absolute Gasteiger partial charge is 0.306 e. The lowest BCUT2D eigenvalue weighted by molar-refractivity contribution is -0.143. The van der Waals surface area contributed by atoms with E-state index in [1.54, 1.807) is 0 Å². The van der Waals surface area contributed by atoms with Gasteiger partial charge in [0.05, 0.1) is 5.92 Å². The van der Waals surface area contributed by atoms with Crippen LogP contribution in [0.5, 0.6) is 0 Å². The third kappa shape index (κ3) is 3.72. The maximum Gasteiger partial charge on any atom is 0.306 e. The lowest BCUT2D eigenvalue weighted by Crippen LogP contribution is -2.23. The third-order valence-corrected chi connectivity index (χ3v) is 5.00. The van der Waals surface area contributed by atoms with Gasteiger partial charge in [0.2, 0.25) is 0 Å². The minimum Gasteiger partial charge on any atom is -0.481 e. The summed E-state index contributed by atoms with van der Waals surface area (Å²) in [5.41, 5.74) is 0. The highest BCUT2D eigenvalue weighted by Gasteiger charge is 2.28. The summed E-state index contributed by atoms with van der Waals surface area (Å²) >= 11 is 0. The Morgan fingerprint density at radius 2 is 1.41 bits per heavy atom. The van der Waals surface area contributed by atoms with Crippen LogP contribution in [0.2, 0.25) is 0 Å². The second kappa shape index (κ2) is 5.88. The van der Waals surface area contributed by atoms with E-state index in [0.29, 0.717) is 0 Å². The Kier molecular flexibility index (Phi) is 4.47. The quantitative estimate of drug-likeness (QED) is 0.804. The van der Waals surface area contributed by atoms with Gasteiger partial charge in [0.25, 0.3) is 0 Å². The van der Waals surface area contributed by atoms with Crippen LogP contribution in [0.1, 0.15) is 64.7 Å². The van der Waals surface area contributed by atoms with Crippen LogP contribution in [0.3, 0.4) is 0 Å². The summed E-state index contributed by atoms with van der Waals surface area (Å²) in [4.78, 5) is 10.9. The normalized spacial score (nSPS) is 38.9. The Morgan fingerprint density at radius 3 is 1.88 bits per heavy atom. The lowest BCUT2D eigenvalue weighted by atomic mass is 9.73. The van der Waals surface area contributed by atoms with Crippen LogP contribution in [-0.4, -0.2) is 11.1 Å². The molecule has 2 rings (SSSR count). The van der Waals surface area contributed by atoms with Crippen molar-refractivity contribution in [2.45, 2.75) is 64.7 Å². The molecule has 0 aliphatic heterocycles. The van der Waals surface area contributed by atoms with Gasteiger partial charge in [-0.2, -0.15) is 0 Å². The average Bonchev–Trinajstić information content (AvgIpc) is 2.33. The summed E-state index contributed by atoms with van der Waals surface area (Å²) in [7, 11) is 0. The van der Waals surface area contributed by atoms with E-state index in [-0.39, 0.29) is 5.92 Å². The zero-order chi connectivity index (χ0) is 12.3. The largest absolute Gasteiger partial charge is 0.481 e. The highest BCUT2D eigenvalue weighted by Crippen LogP contribution is 2.38. The fourth-order valence-corrected chi connectivity index (χ4v) is 3.68. The number of carboxylic acids is 1. The van der Waals surface area contributed by atoms with Crippen LogP contribution in [-0.2, 0) is 4.79 Å². The van der Waals surface area contributed by atoms with Crippen molar-refractivity contribution in [1.29, 1.82) is 0 Å². The molecule has 0 aromatic rings. The molecule has 1 N–H and O–H groups in total. The fraction of sp³-hybridized carbons (Fsp3) is 0.933. The van der Waals surface area contributed by atoms with Crippen LogP contribution < -0.4 is 0 Å². The minimum atomic E-state index is -0.574. The van der Waals surface area contributed by atoms with Gasteiger partial charge in [-0.05, 0) is 49.9 Å². The van der Waals surface area contributed by atoms with E-state index in [1.807, 2.05) is 0 Å². The molecule has 2 aliphatic rings. The van der Waals surface area contributed by atoms with Gasteiger partial charge in [-0.25, -0.2) is 0 Å². The van der Waals surface area contributed by atoms with E-state index in [9.17, 15) is 4.79 Å². The highest BCUT2D eigenvalue weighted by molar-refractivity contribution is 5.69. The molecule has 2 fully saturated rings. The number of hydrogen-bond acceptors (Lipinski definition) is 1. The van der Waals surface area contributed by atoms with E-state index in [1.165, 1.54) is 32.1 Å². The van der Waals surface area contributed by atoms with Crippen LogP contribution in [0.4, 0.5) is 0 Å². The van der Waals surface area contributed by atoms with Crippen molar-refractivity contribution in [3.05, 3.63) is 0 Å². The Balaban J connectivity index is 1.69. The molecule has 0 aromatic heterocycles. The number of rotatable bonds is 3. The fourth-order valence-electron chi connectivity index (χ4n) is 3.68. The molecule has 98 valence electrons. The van der Waals surface area contributed by atoms with Crippen molar-refractivity contribution in [2.24, 2.45) is 23.7 Å². The van der Waals surface area contributed by atoms with E-state index in [0.717, 1.165) is 43.4 Å². The van der Waals surface area contributed by atoms with E-state index in [4.69, 9.17) is 5.11 Å². The van der Waals surface area contributed by atoms with Gasteiger partial charge in [0, 0.05) is 0 Å². The molecule has 2 aliphatic carbocycles. The molecule has 0 unspecified atom stereocenters. The zero-order valence-corrected chi connectivity index (χ0v) is 11.0. The molecule has 0 saturated heterocycles. The number of hydrogen-bond donors (Lipinski definition) is 1. The second-order valence-electron chi connectivity index (χ2n) is 6.42. The zero-order valence-electron chi connectivity index (χ0n) is 11.0. The van der Waals surface area contributed by atoms with E-state index in [2.05, 4.69) is 6.92 Å². The number of carbonyl (C=O) groups is 1. The van der Waals surface area contributed by atoms with Gasteiger partial charge in [0.1, 0.15) is 0 Å². The van der Waals surface area contributed by atoms with Crippen LogP contribution in [0.25, 0.3) is 0 Å². The standard InChI is InChI=1S/C15H26O2/c1-11-2-4-12(5-3-11)10-13-6-8-14(9-7-13)15(16)17/h11-14H,2-10H2,1H3,(H,16,17). The van der Waals surface area contributed by atoms with Gasteiger partial charge in [-0.3, -0.25) is 4.79 Å². The predicted octanol–water partition coefficient (Wildman–Crippen LogP) is 4.09. The monoisotopic (exact) mass is 238 g/mol. The molecule has 0 amide bonds. The van der Waals surface area contributed by atoms with Crippen molar-refractivity contribution < 1.29 is 9.90 Å². The maximum absolute atomic E-state index is 10.9. The lowest BCUT2D eigenvalue weighted by Gasteiger charge is -2.32.